The molecule has 0 saturated carbocycles. The van der Waals surface area contributed by atoms with Crippen molar-refractivity contribution in [3.63, 3.8) is 0 Å². The lowest BCUT2D eigenvalue weighted by Crippen LogP contribution is -2.21. The van der Waals surface area contributed by atoms with Crippen molar-refractivity contribution >= 4 is 0 Å². The second-order valence-electron chi connectivity index (χ2n) is 5.53. The normalized spacial score (nSPS) is 11.0. The van der Waals surface area contributed by atoms with Gasteiger partial charge in [-0.05, 0) is 41.3 Å². The molecule has 21 heavy (non-hydrogen) atoms. The van der Waals surface area contributed by atoms with Crippen LogP contribution in [-0.2, 0) is 6.54 Å². The number of aryl methyl sites for hydroxylation is 1. The van der Waals surface area contributed by atoms with E-state index in [4.69, 9.17) is 4.74 Å². The number of hydrogen-bond donors (Lipinski definition) is 1. The quantitative estimate of drug-likeness (QED) is 0.885. The number of ether oxygens (including phenoxy) is 1. The summed E-state index contributed by atoms with van der Waals surface area (Å²) < 4.78 is 18.8. The number of rotatable bonds is 5. The van der Waals surface area contributed by atoms with Crippen molar-refractivity contribution in [3.8, 4) is 16.9 Å². The van der Waals surface area contributed by atoms with Gasteiger partial charge in [0.25, 0.3) is 0 Å². The van der Waals surface area contributed by atoms with E-state index in [1.165, 1.54) is 18.7 Å². The predicted octanol–water partition coefficient (Wildman–Crippen LogP) is 4.31. The predicted molar refractivity (Wildman–Crippen MR) is 85.1 cm³/mol. The van der Waals surface area contributed by atoms with Crippen molar-refractivity contribution < 1.29 is 9.13 Å². The largest absolute Gasteiger partial charge is 0.494 e. The fourth-order valence-electron chi connectivity index (χ4n) is 2.32. The van der Waals surface area contributed by atoms with Crippen LogP contribution in [0.1, 0.15) is 25.0 Å². The van der Waals surface area contributed by atoms with Crippen molar-refractivity contribution in [1.82, 2.24) is 5.32 Å². The van der Waals surface area contributed by atoms with Gasteiger partial charge in [-0.3, -0.25) is 0 Å². The standard InChI is InChI=1S/C18H22FNO/c1-12(2)20-11-14-5-7-16(13(3)9-14)15-6-8-18(21-4)17(19)10-15/h5-10,12,20H,11H2,1-4H3. The summed E-state index contributed by atoms with van der Waals surface area (Å²) in [4.78, 5) is 0. The Labute approximate surface area is 126 Å². The summed E-state index contributed by atoms with van der Waals surface area (Å²) in [5.74, 6) is -0.0610. The Morgan fingerprint density at radius 1 is 1.14 bits per heavy atom. The van der Waals surface area contributed by atoms with Crippen molar-refractivity contribution in [2.24, 2.45) is 0 Å². The lowest BCUT2D eigenvalue weighted by molar-refractivity contribution is 0.386. The first-order valence-corrected chi connectivity index (χ1v) is 7.18. The second-order valence-corrected chi connectivity index (χ2v) is 5.53. The fourth-order valence-corrected chi connectivity index (χ4v) is 2.32. The molecule has 0 unspecified atom stereocenters. The molecule has 2 aromatic carbocycles. The third-order valence-electron chi connectivity index (χ3n) is 3.47. The Balaban J connectivity index is 2.26. The molecule has 0 spiro atoms. The molecule has 2 nitrogen and oxygen atoms in total. The molecule has 0 aliphatic carbocycles. The molecule has 0 aliphatic rings. The van der Waals surface area contributed by atoms with E-state index in [-0.39, 0.29) is 11.6 Å². The van der Waals surface area contributed by atoms with Crippen LogP contribution in [0, 0.1) is 12.7 Å². The molecule has 3 heteroatoms. The summed E-state index contributed by atoms with van der Waals surface area (Å²) in [5.41, 5.74) is 4.29. The molecule has 0 bridgehead atoms. The fraction of sp³-hybridized carbons (Fsp3) is 0.333. The van der Waals surface area contributed by atoms with E-state index in [9.17, 15) is 4.39 Å². The molecule has 0 aliphatic heterocycles. The highest BCUT2D eigenvalue weighted by atomic mass is 19.1. The first kappa shape index (κ1) is 15.5. The molecule has 0 atom stereocenters. The molecule has 0 radical (unpaired) electrons. The molecule has 0 fully saturated rings. The number of nitrogens with one attached hydrogen (secondary N) is 1. The van der Waals surface area contributed by atoms with Crippen LogP contribution in [0.4, 0.5) is 4.39 Å². The zero-order valence-electron chi connectivity index (χ0n) is 13.0. The highest BCUT2D eigenvalue weighted by molar-refractivity contribution is 5.68. The highest BCUT2D eigenvalue weighted by Gasteiger charge is 2.08. The van der Waals surface area contributed by atoms with Gasteiger partial charge in [0.15, 0.2) is 11.6 Å². The average Bonchev–Trinajstić information content (AvgIpc) is 2.45. The smallest absolute Gasteiger partial charge is 0.165 e. The van der Waals surface area contributed by atoms with Gasteiger partial charge in [-0.25, -0.2) is 4.39 Å². The summed E-state index contributed by atoms with van der Waals surface area (Å²) >= 11 is 0. The molecule has 112 valence electrons. The number of benzene rings is 2. The molecule has 1 N–H and O–H groups in total. The average molecular weight is 287 g/mol. The van der Waals surface area contributed by atoms with Crippen LogP contribution in [-0.4, -0.2) is 13.2 Å². The first-order chi connectivity index (χ1) is 10.0. The van der Waals surface area contributed by atoms with E-state index in [0.29, 0.717) is 6.04 Å². The summed E-state index contributed by atoms with van der Waals surface area (Å²) in [7, 11) is 1.47. The third kappa shape index (κ3) is 3.82. The van der Waals surface area contributed by atoms with E-state index < -0.39 is 0 Å². The zero-order chi connectivity index (χ0) is 15.4. The van der Waals surface area contributed by atoms with Crippen LogP contribution in [0.25, 0.3) is 11.1 Å². The lowest BCUT2D eigenvalue weighted by atomic mass is 9.98. The minimum absolute atomic E-state index is 0.272. The van der Waals surface area contributed by atoms with Crippen LogP contribution in [0.15, 0.2) is 36.4 Å². The van der Waals surface area contributed by atoms with Crippen molar-refractivity contribution in [1.29, 1.82) is 0 Å². The Morgan fingerprint density at radius 2 is 1.90 bits per heavy atom. The molecule has 0 amide bonds. The second kappa shape index (κ2) is 6.72. The van der Waals surface area contributed by atoms with E-state index in [0.717, 1.165) is 23.2 Å². The maximum Gasteiger partial charge on any atom is 0.165 e. The van der Waals surface area contributed by atoms with Crippen molar-refractivity contribution in [2.75, 3.05) is 7.11 Å². The zero-order valence-corrected chi connectivity index (χ0v) is 13.0. The Hall–Kier alpha value is -1.87. The van der Waals surface area contributed by atoms with Gasteiger partial charge in [0.2, 0.25) is 0 Å². The molecular weight excluding hydrogens is 265 g/mol. The lowest BCUT2D eigenvalue weighted by Gasteiger charge is -2.12. The Kier molecular flexibility index (Phi) is 4.97. The SMILES string of the molecule is COc1ccc(-c2ccc(CNC(C)C)cc2C)cc1F. The molecule has 0 heterocycles. The highest BCUT2D eigenvalue weighted by Crippen LogP contribution is 2.28. The van der Waals surface area contributed by atoms with E-state index >= 15 is 0 Å². The Bertz CT molecular complexity index is 623. The molecule has 0 aromatic heterocycles. The monoisotopic (exact) mass is 287 g/mol. The van der Waals surface area contributed by atoms with Crippen LogP contribution < -0.4 is 10.1 Å². The number of hydrogen-bond acceptors (Lipinski definition) is 2. The first-order valence-electron chi connectivity index (χ1n) is 7.18. The van der Waals surface area contributed by atoms with Crippen LogP contribution in [0.2, 0.25) is 0 Å². The van der Waals surface area contributed by atoms with E-state index in [1.54, 1.807) is 6.07 Å². The van der Waals surface area contributed by atoms with Gasteiger partial charge >= 0.3 is 0 Å². The summed E-state index contributed by atoms with van der Waals surface area (Å²) in [6, 6.07) is 11.8. The Morgan fingerprint density at radius 3 is 2.48 bits per heavy atom. The number of halogens is 1. The topological polar surface area (TPSA) is 21.3 Å². The summed E-state index contributed by atoms with van der Waals surface area (Å²) in [6.45, 7) is 7.15. The van der Waals surface area contributed by atoms with Crippen LogP contribution in [0.5, 0.6) is 5.75 Å². The maximum absolute atomic E-state index is 13.8. The molecule has 0 saturated heterocycles. The minimum atomic E-state index is -0.333. The van der Waals surface area contributed by atoms with Crippen LogP contribution >= 0.6 is 0 Å². The van der Waals surface area contributed by atoms with E-state index in [2.05, 4.69) is 38.2 Å². The van der Waals surface area contributed by atoms with Gasteiger partial charge < -0.3 is 10.1 Å². The van der Waals surface area contributed by atoms with Gasteiger partial charge in [-0.2, -0.15) is 0 Å². The van der Waals surface area contributed by atoms with Gasteiger partial charge in [0, 0.05) is 12.6 Å². The molecule has 2 rings (SSSR count). The van der Waals surface area contributed by atoms with Gasteiger partial charge in [-0.15, -0.1) is 0 Å². The number of methoxy groups -OCH3 is 1. The summed E-state index contributed by atoms with van der Waals surface area (Å²) in [5, 5.41) is 3.40. The maximum atomic E-state index is 13.8. The molecular formula is C18H22FNO. The third-order valence-corrected chi connectivity index (χ3v) is 3.47. The van der Waals surface area contributed by atoms with Crippen LogP contribution in [0.3, 0.4) is 0 Å². The summed E-state index contributed by atoms with van der Waals surface area (Å²) in [6.07, 6.45) is 0. The van der Waals surface area contributed by atoms with Crippen molar-refractivity contribution in [2.45, 2.75) is 33.4 Å². The van der Waals surface area contributed by atoms with Crippen molar-refractivity contribution in [3.05, 3.63) is 53.3 Å². The van der Waals surface area contributed by atoms with Gasteiger partial charge in [0.1, 0.15) is 0 Å². The van der Waals surface area contributed by atoms with Gasteiger partial charge in [-0.1, -0.05) is 38.1 Å². The van der Waals surface area contributed by atoms with Gasteiger partial charge in [0.05, 0.1) is 7.11 Å². The van der Waals surface area contributed by atoms with E-state index in [1.807, 2.05) is 12.1 Å². The minimum Gasteiger partial charge on any atom is -0.494 e. The molecule has 2 aromatic rings.